The molecule has 3 rings (SSSR count). The molecule has 0 bridgehead atoms. The van der Waals surface area contributed by atoms with Gasteiger partial charge in [-0.05, 0) is 37.8 Å². The zero-order valence-electron chi connectivity index (χ0n) is 15.3. The Bertz CT molecular complexity index is 614. The lowest BCUT2D eigenvalue weighted by molar-refractivity contribution is -0.124. The molecule has 1 heterocycles. The summed E-state index contributed by atoms with van der Waals surface area (Å²) in [5, 5.41) is 12.4. The number of rotatable bonds is 7. The van der Waals surface area contributed by atoms with Crippen molar-refractivity contribution < 1.29 is 9.53 Å². The molecule has 0 aromatic heterocycles. The third-order valence-corrected chi connectivity index (χ3v) is 5.30. The molecule has 1 aromatic carbocycles. The van der Waals surface area contributed by atoms with Gasteiger partial charge in [-0.3, -0.25) is 14.6 Å². The first-order chi connectivity index (χ1) is 12.7. The lowest BCUT2D eigenvalue weighted by Crippen LogP contribution is -2.53. The number of carbonyl (C=O) groups excluding carboxylic acids is 1. The molecule has 140 valence electrons. The molecule has 2 aliphatic rings. The largest absolute Gasteiger partial charge is 0.492 e. The maximum atomic E-state index is 12.3. The molecule has 0 unspecified atom stereocenters. The Kier molecular flexibility index (Phi) is 6.48. The number of ether oxygens (including phenoxy) is 1. The van der Waals surface area contributed by atoms with Crippen molar-refractivity contribution >= 4 is 5.91 Å². The van der Waals surface area contributed by atoms with E-state index in [2.05, 4.69) is 21.2 Å². The van der Waals surface area contributed by atoms with Crippen molar-refractivity contribution in [3.05, 3.63) is 30.3 Å². The second kappa shape index (κ2) is 9.02. The summed E-state index contributed by atoms with van der Waals surface area (Å²) in [6, 6.07) is 12.2. The molecule has 6 nitrogen and oxygen atoms in total. The highest BCUT2D eigenvalue weighted by Gasteiger charge is 2.35. The van der Waals surface area contributed by atoms with Crippen molar-refractivity contribution in [2.45, 2.75) is 31.2 Å². The molecule has 26 heavy (non-hydrogen) atoms. The summed E-state index contributed by atoms with van der Waals surface area (Å²) in [7, 11) is 0. The van der Waals surface area contributed by atoms with Crippen LogP contribution in [-0.4, -0.2) is 67.1 Å². The first-order valence-electron chi connectivity index (χ1n) is 9.54. The average molecular weight is 356 g/mol. The van der Waals surface area contributed by atoms with Crippen molar-refractivity contribution in [3.8, 4) is 11.8 Å². The maximum Gasteiger partial charge on any atom is 0.235 e. The van der Waals surface area contributed by atoms with Crippen LogP contribution in [0, 0.1) is 11.3 Å². The highest BCUT2D eigenvalue weighted by Crippen LogP contribution is 2.28. The smallest absolute Gasteiger partial charge is 0.235 e. The summed E-state index contributed by atoms with van der Waals surface area (Å²) in [5.41, 5.74) is -0.617. The molecule has 0 atom stereocenters. The number of amides is 1. The highest BCUT2D eigenvalue weighted by atomic mass is 16.5. The van der Waals surface area contributed by atoms with Gasteiger partial charge in [-0.25, -0.2) is 0 Å². The minimum atomic E-state index is -0.617. The molecule has 1 saturated heterocycles. The summed E-state index contributed by atoms with van der Waals surface area (Å²) >= 11 is 0. The fourth-order valence-electron chi connectivity index (χ4n) is 3.73. The summed E-state index contributed by atoms with van der Waals surface area (Å²) in [4.78, 5) is 16.8. The maximum absolute atomic E-state index is 12.3. The van der Waals surface area contributed by atoms with Gasteiger partial charge in [0.2, 0.25) is 5.91 Å². The monoisotopic (exact) mass is 356 g/mol. The molecule has 1 aliphatic carbocycles. The van der Waals surface area contributed by atoms with Crippen LogP contribution >= 0.6 is 0 Å². The average Bonchev–Trinajstić information content (AvgIpc) is 3.13. The fraction of sp³-hybridized carbons (Fsp3) is 0.600. The van der Waals surface area contributed by atoms with E-state index in [1.165, 1.54) is 0 Å². The number of hydrogen-bond donors (Lipinski definition) is 1. The van der Waals surface area contributed by atoms with Crippen LogP contribution in [0.2, 0.25) is 0 Å². The highest BCUT2D eigenvalue weighted by molar-refractivity contribution is 5.79. The van der Waals surface area contributed by atoms with Crippen LogP contribution < -0.4 is 10.1 Å². The zero-order chi connectivity index (χ0) is 18.2. The van der Waals surface area contributed by atoms with Crippen molar-refractivity contribution in [2.75, 3.05) is 45.9 Å². The number of benzene rings is 1. The van der Waals surface area contributed by atoms with E-state index in [1.807, 2.05) is 30.3 Å². The van der Waals surface area contributed by atoms with E-state index < -0.39 is 5.54 Å². The van der Waals surface area contributed by atoms with E-state index in [-0.39, 0.29) is 5.91 Å². The Morgan fingerprint density at radius 3 is 2.42 bits per heavy atom. The van der Waals surface area contributed by atoms with E-state index in [1.54, 1.807) is 0 Å². The second-order valence-corrected chi connectivity index (χ2v) is 7.23. The predicted molar refractivity (Wildman–Crippen MR) is 99.8 cm³/mol. The zero-order valence-corrected chi connectivity index (χ0v) is 15.3. The minimum absolute atomic E-state index is 0.0192. The molecule has 1 N–H and O–H groups in total. The number of hydrogen-bond acceptors (Lipinski definition) is 5. The van der Waals surface area contributed by atoms with Crippen LogP contribution in [0.15, 0.2) is 30.3 Å². The van der Waals surface area contributed by atoms with Gasteiger partial charge < -0.3 is 10.1 Å². The Morgan fingerprint density at radius 1 is 1.12 bits per heavy atom. The Balaban J connectivity index is 1.33. The molecular formula is C20H28N4O2. The molecule has 1 aliphatic heterocycles. The minimum Gasteiger partial charge on any atom is -0.492 e. The van der Waals surface area contributed by atoms with Crippen LogP contribution in [0.1, 0.15) is 25.7 Å². The van der Waals surface area contributed by atoms with Gasteiger partial charge in [0.25, 0.3) is 0 Å². The number of piperazine rings is 1. The SMILES string of the molecule is N#CC1(NC(=O)CN2CCN(CCOc3ccccc3)CC2)CCCC1. The van der Waals surface area contributed by atoms with Gasteiger partial charge in [-0.15, -0.1) is 0 Å². The van der Waals surface area contributed by atoms with Gasteiger partial charge in [0.05, 0.1) is 12.6 Å². The number of carbonyl (C=O) groups is 1. The first-order valence-corrected chi connectivity index (χ1v) is 9.54. The van der Waals surface area contributed by atoms with Crippen molar-refractivity contribution in [1.29, 1.82) is 5.26 Å². The van der Waals surface area contributed by atoms with Gasteiger partial charge >= 0.3 is 0 Å². The van der Waals surface area contributed by atoms with E-state index in [0.29, 0.717) is 13.2 Å². The topological polar surface area (TPSA) is 68.6 Å². The standard InChI is InChI=1S/C20H28N4O2/c21-17-20(8-4-5-9-20)22-19(25)16-24-12-10-23(11-13-24)14-15-26-18-6-2-1-3-7-18/h1-3,6-7H,4-5,8-16H2,(H,22,25). The molecular weight excluding hydrogens is 328 g/mol. The lowest BCUT2D eigenvalue weighted by atomic mass is 10.00. The Morgan fingerprint density at radius 2 is 1.77 bits per heavy atom. The number of nitrogens with one attached hydrogen (secondary N) is 1. The third kappa shape index (κ3) is 5.20. The van der Waals surface area contributed by atoms with E-state index >= 15 is 0 Å². The molecule has 6 heteroatoms. The van der Waals surface area contributed by atoms with Gasteiger partial charge in [0, 0.05) is 32.7 Å². The molecule has 1 aromatic rings. The molecule has 2 fully saturated rings. The van der Waals surface area contributed by atoms with Crippen molar-refractivity contribution in [2.24, 2.45) is 0 Å². The molecule has 0 spiro atoms. The number of nitriles is 1. The van der Waals surface area contributed by atoms with Gasteiger partial charge in [0.1, 0.15) is 17.9 Å². The van der Waals surface area contributed by atoms with Crippen molar-refractivity contribution in [3.63, 3.8) is 0 Å². The Labute approximate surface area is 155 Å². The van der Waals surface area contributed by atoms with Crippen LogP contribution in [0.4, 0.5) is 0 Å². The number of para-hydroxylation sites is 1. The Hall–Kier alpha value is -2.10. The summed E-state index contributed by atoms with van der Waals surface area (Å²) in [5.74, 6) is 0.885. The number of nitrogens with zero attached hydrogens (tertiary/aromatic N) is 3. The van der Waals surface area contributed by atoms with E-state index in [4.69, 9.17) is 4.74 Å². The van der Waals surface area contributed by atoms with E-state index in [0.717, 1.165) is 64.2 Å². The van der Waals surface area contributed by atoms with Crippen LogP contribution in [-0.2, 0) is 4.79 Å². The predicted octanol–water partition coefficient (Wildman–Crippen LogP) is 1.64. The van der Waals surface area contributed by atoms with Gasteiger partial charge in [-0.2, -0.15) is 5.26 Å². The lowest BCUT2D eigenvalue weighted by Gasteiger charge is -2.34. The van der Waals surface area contributed by atoms with E-state index in [9.17, 15) is 10.1 Å². The molecule has 1 saturated carbocycles. The van der Waals surface area contributed by atoms with Gasteiger partial charge in [-0.1, -0.05) is 18.2 Å². The summed E-state index contributed by atoms with van der Waals surface area (Å²) in [6.45, 7) is 5.58. The molecule has 1 amide bonds. The van der Waals surface area contributed by atoms with Crippen LogP contribution in [0.5, 0.6) is 5.75 Å². The second-order valence-electron chi connectivity index (χ2n) is 7.23. The van der Waals surface area contributed by atoms with Crippen molar-refractivity contribution in [1.82, 2.24) is 15.1 Å². The van der Waals surface area contributed by atoms with Crippen LogP contribution in [0.25, 0.3) is 0 Å². The quantitative estimate of drug-likeness (QED) is 0.804. The van der Waals surface area contributed by atoms with Crippen LogP contribution in [0.3, 0.4) is 0 Å². The fourth-order valence-corrected chi connectivity index (χ4v) is 3.73. The van der Waals surface area contributed by atoms with Gasteiger partial charge in [0.15, 0.2) is 0 Å². The summed E-state index contributed by atoms with van der Waals surface area (Å²) in [6.07, 6.45) is 3.62. The summed E-state index contributed by atoms with van der Waals surface area (Å²) < 4.78 is 5.75. The first kappa shape index (κ1) is 18.7. The third-order valence-electron chi connectivity index (χ3n) is 5.30. The molecule has 0 radical (unpaired) electrons. The normalized spacial score (nSPS) is 20.4.